The van der Waals surface area contributed by atoms with E-state index in [9.17, 15) is 18.0 Å². The van der Waals surface area contributed by atoms with Crippen LogP contribution in [0, 0.1) is 6.92 Å². The Morgan fingerprint density at radius 1 is 1.03 bits per heavy atom. The predicted octanol–water partition coefficient (Wildman–Crippen LogP) is 5.42. The standard InChI is InChI=1S/C22H18F3NO4/c1-15-2-11-21(30-15)20(27)14-28-19-9-5-16(6-10-19)12-26-29-13-17-3-7-18(8-4-17)22(23,24)25/h2-12H,13-14H2,1H3/b26-12+. The number of nitrogens with zero attached hydrogens (tertiary/aromatic N) is 1. The molecule has 30 heavy (non-hydrogen) atoms. The van der Waals surface area contributed by atoms with Gasteiger partial charge >= 0.3 is 6.18 Å². The molecule has 0 saturated heterocycles. The van der Waals surface area contributed by atoms with Crippen LogP contribution in [0.2, 0.25) is 0 Å². The molecule has 0 aliphatic carbocycles. The first-order valence-electron chi connectivity index (χ1n) is 8.95. The first-order valence-corrected chi connectivity index (χ1v) is 8.95. The first kappa shape index (κ1) is 21.2. The SMILES string of the molecule is Cc1ccc(C(=O)COc2ccc(/C=N/OCc3ccc(C(F)(F)F)cc3)cc2)o1. The van der Waals surface area contributed by atoms with Crippen LogP contribution in [0.3, 0.4) is 0 Å². The lowest BCUT2D eigenvalue weighted by Crippen LogP contribution is -2.10. The molecule has 0 bridgehead atoms. The molecule has 0 aliphatic heterocycles. The van der Waals surface area contributed by atoms with Crippen molar-refractivity contribution in [3.05, 3.63) is 88.9 Å². The largest absolute Gasteiger partial charge is 0.485 e. The minimum atomic E-state index is -4.36. The molecule has 3 rings (SSSR count). The van der Waals surface area contributed by atoms with Crippen LogP contribution in [0.25, 0.3) is 0 Å². The van der Waals surface area contributed by atoms with Crippen molar-refractivity contribution in [2.24, 2.45) is 5.16 Å². The van der Waals surface area contributed by atoms with Crippen molar-refractivity contribution in [2.45, 2.75) is 19.7 Å². The summed E-state index contributed by atoms with van der Waals surface area (Å²) in [5.74, 6) is 1.16. The van der Waals surface area contributed by atoms with E-state index in [2.05, 4.69) is 5.16 Å². The number of ketones is 1. The van der Waals surface area contributed by atoms with E-state index in [1.165, 1.54) is 18.3 Å². The normalized spacial score (nSPS) is 11.6. The second kappa shape index (κ2) is 9.30. The van der Waals surface area contributed by atoms with Gasteiger partial charge < -0.3 is 14.0 Å². The number of carbonyl (C=O) groups is 1. The monoisotopic (exact) mass is 417 g/mol. The number of hydrogen-bond donors (Lipinski definition) is 0. The summed E-state index contributed by atoms with van der Waals surface area (Å²) in [4.78, 5) is 17.1. The van der Waals surface area contributed by atoms with Crippen LogP contribution < -0.4 is 4.74 Å². The fourth-order valence-electron chi connectivity index (χ4n) is 2.45. The topological polar surface area (TPSA) is 61.0 Å². The molecule has 0 spiro atoms. The van der Waals surface area contributed by atoms with Crippen LogP contribution in [0.5, 0.6) is 5.75 Å². The van der Waals surface area contributed by atoms with Crippen molar-refractivity contribution in [3.63, 3.8) is 0 Å². The lowest BCUT2D eigenvalue weighted by Gasteiger charge is -2.07. The van der Waals surface area contributed by atoms with E-state index in [1.807, 2.05) is 0 Å². The van der Waals surface area contributed by atoms with Crippen LogP contribution >= 0.6 is 0 Å². The van der Waals surface area contributed by atoms with E-state index in [4.69, 9.17) is 14.0 Å². The number of oxime groups is 1. The van der Waals surface area contributed by atoms with Crippen molar-refractivity contribution in [1.82, 2.24) is 0 Å². The maximum absolute atomic E-state index is 12.5. The fourth-order valence-corrected chi connectivity index (χ4v) is 2.45. The Hall–Kier alpha value is -3.55. The number of hydrogen-bond acceptors (Lipinski definition) is 5. The lowest BCUT2D eigenvalue weighted by molar-refractivity contribution is -0.137. The van der Waals surface area contributed by atoms with Crippen LogP contribution in [-0.2, 0) is 17.6 Å². The molecule has 0 amide bonds. The third-order valence-corrected chi connectivity index (χ3v) is 4.05. The summed E-state index contributed by atoms with van der Waals surface area (Å²) in [6.45, 7) is 1.66. The summed E-state index contributed by atoms with van der Waals surface area (Å²) in [6.07, 6.45) is -2.90. The van der Waals surface area contributed by atoms with Gasteiger partial charge in [-0.15, -0.1) is 0 Å². The van der Waals surface area contributed by atoms with Gasteiger partial charge in [0.15, 0.2) is 12.4 Å². The molecule has 0 saturated carbocycles. The highest BCUT2D eigenvalue weighted by atomic mass is 19.4. The number of aryl methyl sites for hydroxylation is 1. The van der Waals surface area contributed by atoms with Crippen molar-refractivity contribution in [1.29, 1.82) is 0 Å². The molecule has 1 heterocycles. The summed E-state index contributed by atoms with van der Waals surface area (Å²) in [7, 11) is 0. The minimum absolute atomic E-state index is 0.0458. The number of rotatable bonds is 8. The van der Waals surface area contributed by atoms with E-state index >= 15 is 0 Å². The Balaban J connectivity index is 1.44. The van der Waals surface area contributed by atoms with Crippen LogP contribution in [0.4, 0.5) is 13.2 Å². The molecule has 3 aromatic rings. The second-order valence-corrected chi connectivity index (χ2v) is 6.39. The minimum Gasteiger partial charge on any atom is -0.485 e. The Morgan fingerprint density at radius 3 is 2.33 bits per heavy atom. The second-order valence-electron chi connectivity index (χ2n) is 6.39. The average Bonchev–Trinajstić information content (AvgIpc) is 3.16. The zero-order chi connectivity index (χ0) is 21.6. The molecule has 156 valence electrons. The summed E-state index contributed by atoms with van der Waals surface area (Å²) in [6, 6.07) is 14.8. The van der Waals surface area contributed by atoms with Crippen LogP contribution in [0.15, 0.2) is 70.2 Å². The highest BCUT2D eigenvalue weighted by Crippen LogP contribution is 2.29. The highest BCUT2D eigenvalue weighted by Gasteiger charge is 2.29. The lowest BCUT2D eigenvalue weighted by atomic mass is 10.1. The van der Waals surface area contributed by atoms with Gasteiger partial charge in [-0.2, -0.15) is 13.2 Å². The summed E-state index contributed by atoms with van der Waals surface area (Å²) >= 11 is 0. The number of carbonyl (C=O) groups excluding carboxylic acids is 1. The van der Waals surface area contributed by atoms with E-state index in [0.29, 0.717) is 17.1 Å². The number of furan rings is 1. The number of benzene rings is 2. The van der Waals surface area contributed by atoms with E-state index in [0.717, 1.165) is 17.7 Å². The first-order chi connectivity index (χ1) is 14.3. The molecule has 8 heteroatoms. The van der Waals surface area contributed by atoms with Gasteiger partial charge in [0, 0.05) is 0 Å². The van der Waals surface area contributed by atoms with E-state index in [-0.39, 0.29) is 24.8 Å². The molecular formula is C22H18F3NO4. The molecule has 0 aliphatic rings. The van der Waals surface area contributed by atoms with Gasteiger partial charge in [0.25, 0.3) is 0 Å². The van der Waals surface area contributed by atoms with Crippen molar-refractivity contribution < 1.29 is 32.0 Å². The highest BCUT2D eigenvalue weighted by molar-refractivity contribution is 5.94. The third-order valence-electron chi connectivity index (χ3n) is 4.05. The number of Topliss-reactive ketones (excluding diaryl/α,β-unsaturated/α-hetero) is 1. The van der Waals surface area contributed by atoms with Crippen LogP contribution in [-0.4, -0.2) is 18.6 Å². The molecule has 1 aromatic heterocycles. The Morgan fingerprint density at radius 2 is 1.73 bits per heavy atom. The van der Waals surface area contributed by atoms with E-state index in [1.54, 1.807) is 43.3 Å². The Kier molecular flexibility index (Phi) is 6.56. The molecule has 0 unspecified atom stereocenters. The van der Waals surface area contributed by atoms with Crippen LogP contribution in [0.1, 0.15) is 33.0 Å². The molecule has 0 fully saturated rings. The van der Waals surface area contributed by atoms with Crippen molar-refractivity contribution >= 4 is 12.0 Å². The average molecular weight is 417 g/mol. The molecule has 0 radical (unpaired) electrons. The fraction of sp³-hybridized carbons (Fsp3) is 0.182. The molecule has 5 nitrogen and oxygen atoms in total. The molecule has 0 N–H and O–H groups in total. The van der Waals surface area contributed by atoms with Gasteiger partial charge in [0.05, 0.1) is 11.8 Å². The number of ether oxygens (including phenoxy) is 1. The maximum Gasteiger partial charge on any atom is 0.416 e. The Bertz CT molecular complexity index is 1010. The summed E-state index contributed by atoms with van der Waals surface area (Å²) in [5.41, 5.74) is 0.584. The quantitative estimate of drug-likeness (QED) is 0.279. The van der Waals surface area contributed by atoms with Crippen molar-refractivity contribution in [2.75, 3.05) is 6.61 Å². The maximum atomic E-state index is 12.5. The smallest absolute Gasteiger partial charge is 0.416 e. The third kappa shape index (κ3) is 5.97. The summed E-state index contributed by atoms with van der Waals surface area (Å²) < 4.78 is 48.3. The Labute approximate surface area is 170 Å². The predicted molar refractivity (Wildman–Crippen MR) is 104 cm³/mol. The van der Waals surface area contributed by atoms with Gasteiger partial charge in [-0.05, 0) is 66.6 Å². The van der Waals surface area contributed by atoms with E-state index < -0.39 is 11.7 Å². The molecule has 0 atom stereocenters. The zero-order valence-corrected chi connectivity index (χ0v) is 16.0. The van der Waals surface area contributed by atoms with Gasteiger partial charge in [-0.1, -0.05) is 17.3 Å². The van der Waals surface area contributed by atoms with Gasteiger partial charge in [-0.3, -0.25) is 4.79 Å². The van der Waals surface area contributed by atoms with Gasteiger partial charge in [-0.25, -0.2) is 0 Å². The van der Waals surface area contributed by atoms with Gasteiger partial charge in [0.2, 0.25) is 5.78 Å². The van der Waals surface area contributed by atoms with Crippen molar-refractivity contribution in [3.8, 4) is 5.75 Å². The summed E-state index contributed by atoms with van der Waals surface area (Å²) in [5, 5.41) is 3.80. The molecule has 2 aromatic carbocycles. The zero-order valence-electron chi connectivity index (χ0n) is 16.0. The molecular weight excluding hydrogens is 399 g/mol. The number of alkyl halides is 3. The van der Waals surface area contributed by atoms with Gasteiger partial charge in [0.1, 0.15) is 18.1 Å². The number of halogens is 3.